The molecule has 0 atom stereocenters. The Morgan fingerprint density at radius 3 is 2.40 bits per heavy atom. The number of nitrogens with zero attached hydrogens (tertiary/aromatic N) is 1. The van der Waals surface area contributed by atoms with Crippen LogP contribution in [0.3, 0.4) is 0 Å². The summed E-state index contributed by atoms with van der Waals surface area (Å²) >= 11 is 5.84. The molecule has 0 saturated heterocycles. The number of hydrogen-bond donors (Lipinski definition) is 2. The first-order valence-electron chi connectivity index (χ1n) is 5.81. The highest BCUT2D eigenvalue weighted by Crippen LogP contribution is 2.19. The molecule has 106 valence electrons. The monoisotopic (exact) mass is 312 g/mol. The maximum Gasteiger partial charge on any atom is 0.243 e. The number of nitrogens with one attached hydrogen (secondary N) is 1. The van der Waals surface area contributed by atoms with Crippen molar-refractivity contribution in [1.29, 1.82) is 0 Å². The Morgan fingerprint density at radius 1 is 1.15 bits per heavy atom. The van der Waals surface area contributed by atoms with E-state index in [2.05, 4.69) is 9.71 Å². The summed E-state index contributed by atoms with van der Waals surface area (Å²) in [5, 5.41) is 9.06. The van der Waals surface area contributed by atoms with Gasteiger partial charge in [-0.2, -0.15) is 0 Å². The van der Waals surface area contributed by atoms with E-state index >= 15 is 0 Å². The number of aromatic nitrogens is 1. The minimum atomic E-state index is -3.70. The molecule has 1 aromatic heterocycles. The van der Waals surface area contributed by atoms with E-state index < -0.39 is 10.0 Å². The van der Waals surface area contributed by atoms with E-state index in [4.69, 9.17) is 16.7 Å². The summed E-state index contributed by atoms with van der Waals surface area (Å²) in [5.41, 5.74) is 1.55. The molecule has 5 nitrogen and oxygen atoms in total. The van der Waals surface area contributed by atoms with Crippen LogP contribution in [-0.4, -0.2) is 18.5 Å². The third kappa shape index (κ3) is 3.55. The topological polar surface area (TPSA) is 79.3 Å². The predicted molar refractivity (Wildman–Crippen MR) is 75.6 cm³/mol. The molecule has 2 N–H and O–H groups in total. The van der Waals surface area contributed by atoms with Crippen LogP contribution in [0.1, 0.15) is 11.1 Å². The Balaban J connectivity index is 2.11. The molecule has 1 aromatic carbocycles. The molecule has 0 spiro atoms. The number of aliphatic hydroxyl groups is 1. The molecule has 0 aliphatic carbocycles. The van der Waals surface area contributed by atoms with Gasteiger partial charge in [0.05, 0.1) is 11.6 Å². The van der Waals surface area contributed by atoms with E-state index in [0.29, 0.717) is 0 Å². The Kier molecular flexibility index (Phi) is 4.72. The molecule has 0 aliphatic rings. The lowest BCUT2D eigenvalue weighted by molar-refractivity contribution is 0.282. The molecule has 1 heterocycles. The average molecular weight is 313 g/mol. The summed E-state index contributed by atoms with van der Waals surface area (Å²) < 4.78 is 26.6. The quantitative estimate of drug-likeness (QED) is 0.881. The zero-order valence-electron chi connectivity index (χ0n) is 10.5. The Hall–Kier alpha value is -1.47. The number of benzene rings is 1. The Labute approximate surface area is 122 Å². The molecule has 0 unspecified atom stereocenters. The van der Waals surface area contributed by atoms with E-state index in [1.807, 2.05) is 0 Å². The summed E-state index contributed by atoms with van der Waals surface area (Å²) in [5.74, 6) is 0. The molecule has 2 aromatic rings. The minimum Gasteiger partial charge on any atom is -0.392 e. The van der Waals surface area contributed by atoms with Gasteiger partial charge in [-0.1, -0.05) is 35.9 Å². The first-order valence-corrected chi connectivity index (χ1v) is 7.67. The van der Waals surface area contributed by atoms with E-state index in [1.54, 1.807) is 24.3 Å². The highest BCUT2D eigenvalue weighted by atomic mass is 35.5. The largest absolute Gasteiger partial charge is 0.392 e. The van der Waals surface area contributed by atoms with Gasteiger partial charge in [0.1, 0.15) is 4.90 Å². The molecule has 0 radical (unpaired) electrons. The summed E-state index contributed by atoms with van der Waals surface area (Å²) in [6.45, 7) is 0.0938. The minimum absolute atomic E-state index is 0.0443. The second-order valence-corrected chi connectivity index (χ2v) is 6.25. The fraction of sp³-hybridized carbons (Fsp3) is 0.154. The van der Waals surface area contributed by atoms with Crippen LogP contribution in [0.5, 0.6) is 0 Å². The van der Waals surface area contributed by atoms with E-state index in [1.165, 1.54) is 18.5 Å². The lowest BCUT2D eigenvalue weighted by Crippen LogP contribution is -2.23. The van der Waals surface area contributed by atoms with Gasteiger partial charge in [0.2, 0.25) is 10.0 Å². The highest BCUT2D eigenvalue weighted by Gasteiger charge is 2.17. The summed E-state index contributed by atoms with van der Waals surface area (Å²) in [6.07, 6.45) is 2.63. The van der Waals surface area contributed by atoms with Gasteiger partial charge in [0, 0.05) is 18.9 Å². The van der Waals surface area contributed by atoms with Crippen LogP contribution in [0.2, 0.25) is 5.02 Å². The van der Waals surface area contributed by atoms with Gasteiger partial charge >= 0.3 is 0 Å². The number of rotatable bonds is 5. The fourth-order valence-electron chi connectivity index (χ4n) is 1.58. The third-order valence-corrected chi connectivity index (χ3v) is 4.57. The molecule has 0 saturated carbocycles. The van der Waals surface area contributed by atoms with Gasteiger partial charge in [-0.05, 0) is 17.2 Å². The van der Waals surface area contributed by atoms with Crippen molar-refractivity contribution in [2.24, 2.45) is 0 Å². The Bertz CT molecular complexity index is 687. The maximum atomic E-state index is 12.1. The van der Waals surface area contributed by atoms with Gasteiger partial charge in [-0.3, -0.25) is 4.98 Å². The van der Waals surface area contributed by atoms with Crippen LogP contribution in [-0.2, 0) is 23.2 Å². The number of halogens is 1. The molecule has 2 rings (SSSR count). The van der Waals surface area contributed by atoms with Gasteiger partial charge in [-0.15, -0.1) is 0 Å². The Morgan fingerprint density at radius 2 is 1.80 bits per heavy atom. The predicted octanol–water partition coefficient (Wildman–Crippen LogP) is 1.71. The maximum absolute atomic E-state index is 12.1. The first-order chi connectivity index (χ1) is 9.53. The molecular weight excluding hydrogens is 300 g/mol. The normalized spacial score (nSPS) is 11.5. The second kappa shape index (κ2) is 6.32. The van der Waals surface area contributed by atoms with Gasteiger partial charge in [0.25, 0.3) is 0 Å². The van der Waals surface area contributed by atoms with Crippen molar-refractivity contribution in [2.45, 2.75) is 18.0 Å². The highest BCUT2D eigenvalue weighted by molar-refractivity contribution is 7.89. The molecule has 0 amide bonds. The van der Waals surface area contributed by atoms with E-state index in [9.17, 15) is 8.42 Å². The van der Waals surface area contributed by atoms with Crippen molar-refractivity contribution in [2.75, 3.05) is 0 Å². The third-order valence-electron chi connectivity index (χ3n) is 2.70. The first kappa shape index (κ1) is 14.9. The lowest BCUT2D eigenvalue weighted by Gasteiger charge is -2.08. The van der Waals surface area contributed by atoms with Crippen LogP contribution < -0.4 is 4.72 Å². The fourth-order valence-corrected chi connectivity index (χ4v) is 3.03. The second-order valence-electron chi connectivity index (χ2n) is 4.11. The van der Waals surface area contributed by atoms with E-state index in [-0.39, 0.29) is 23.1 Å². The molecule has 20 heavy (non-hydrogen) atoms. The summed E-state index contributed by atoms with van der Waals surface area (Å²) in [4.78, 5) is 3.71. The van der Waals surface area contributed by atoms with Gasteiger partial charge in [-0.25, -0.2) is 13.1 Å². The van der Waals surface area contributed by atoms with Crippen LogP contribution >= 0.6 is 11.6 Å². The van der Waals surface area contributed by atoms with Crippen molar-refractivity contribution in [3.8, 4) is 0 Å². The van der Waals surface area contributed by atoms with Crippen molar-refractivity contribution in [1.82, 2.24) is 9.71 Å². The van der Waals surface area contributed by atoms with Crippen LogP contribution in [0.4, 0.5) is 0 Å². The van der Waals surface area contributed by atoms with Gasteiger partial charge < -0.3 is 5.11 Å². The number of hydrogen-bond acceptors (Lipinski definition) is 4. The van der Waals surface area contributed by atoms with Crippen molar-refractivity contribution < 1.29 is 13.5 Å². The lowest BCUT2D eigenvalue weighted by atomic mass is 10.1. The van der Waals surface area contributed by atoms with Crippen molar-refractivity contribution in [3.63, 3.8) is 0 Å². The molecule has 0 bridgehead atoms. The van der Waals surface area contributed by atoms with Gasteiger partial charge in [0.15, 0.2) is 0 Å². The van der Waals surface area contributed by atoms with E-state index in [0.717, 1.165) is 11.1 Å². The number of sulfonamides is 1. The summed E-state index contributed by atoms with van der Waals surface area (Å²) in [7, 11) is -3.70. The number of pyridine rings is 1. The molecule has 0 aliphatic heterocycles. The van der Waals surface area contributed by atoms with Crippen LogP contribution in [0.15, 0.2) is 47.6 Å². The van der Waals surface area contributed by atoms with Crippen molar-refractivity contribution in [3.05, 3.63) is 58.9 Å². The van der Waals surface area contributed by atoms with Crippen LogP contribution in [0, 0.1) is 0 Å². The van der Waals surface area contributed by atoms with Crippen LogP contribution in [0.25, 0.3) is 0 Å². The smallest absolute Gasteiger partial charge is 0.243 e. The zero-order valence-corrected chi connectivity index (χ0v) is 12.0. The average Bonchev–Trinajstić information content (AvgIpc) is 2.46. The molecular formula is C13H13ClN2O3S. The zero-order chi connectivity index (χ0) is 14.6. The standard InChI is InChI=1S/C13H13ClN2O3S/c14-12-5-6-15-8-13(12)20(18,19)16-7-10-1-3-11(9-17)4-2-10/h1-6,8,16-17H,7,9H2. The molecule has 7 heteroatoms. The summed E-state index contributed by atoms with van der Waals surface area (Å²) in [6, 6.07) is 8.39. The van der Waals surface area contributed by atoms with Crippen molar-refractivity contribution >= 4 is 21.6 Å². The molecule has 0 fully saturated rings. The SMILES string of the molecule is O=S(=O)(NCc1ccc(CO)cc1)c1cnccc1Cl. The number of aliphatic hydroxyl groups excluding tert-OH is 1.